The Kier molecular flexibility index (Phi) is 4.86. The van der Waals surface area contributed by atoms with Gasteiger partial charge in [0.05, 0.1) is 0 Å². The number of carbonyl (C=O) groups excluding carboxylic acids is 1. The normalized spacial score (nSPS) is 22.3. The van der Waals surface area contributed by atoms with E-state index < -0.39 is 5.91 Å². The molecule has 3 N–H and O–H groups in total. The first kappa shape index (κ1) is 15.8. The van der Waals surface area contributed by atoms with Crippen LogP contribution in [0.3, 0.4) is 0 Å². The predicted molar refractivity (Wildman–Crippen MR) is 83.9 cm³/mol. The number of nitrogens with one attached hydrogen (secondary N) is 1. The smallest absolute Gasteiger partial charge is 0.248 e. The van der Waals surface area contributed by atoms with Gasteiger partial charge in [-0.1, -0.05) is 26.7 Å². The lowest BCUT2D eigenvalue weighted by Gasteiger charge is -2.36. The number of hydrogen-bond acceptors (Lipinski definition) is 2. The summed E-state index contributed by atoms with van der Waals surface area (Å²) in [6.45, 7) is 6.20. The maximum Gasteiger partial charge on any atom is 0.248 e. The first-order valence-electron chi connectivity index (χ1n) is 7.76. The van der Waals surface area contributed by atoms with Gasteiger partial charge in [-0.25, -0.2) is 4.39 Å². The van der Waals surface area contributed by atoms with Crippen molar-refractivity contribution in [2.24, 2.45) is 17.6 Å². The minimum Gasteiger partial charge on any atom is -0.382 e. The van der Waals surface area contributed by atoms with Gasteiger partial charge in [0, 0.05) is 22.9 Å². The van der Waals surface area contributed by atoms with E-state index >= 15 is 0 Å². The SMILES string of the molecule is Cc1c(F)cc(C(N)=O)cc1NC1CCCCC1C(C)C. The van der Waals surface area contributed by atoms with Crippen LogP contribution in [0.1, 0.15) is 55.5 Å². The van der Waals surface area contributed by atoms with Gasteiger partial charge in [0.15, 0.2) is 0 Å². The van der Waals surface area contributed by atoms with Crippen LogP contribution in [0.4, 0.5) is 10.1 Å². The molecule has 0 saturated heterocycles. The van der Waals surface area contributed by atoms with E-state index in [2.05, 4.69) is 19.2 Å². The molecule has 3 nitrogen and oxygen atoms in total. The van der Waals surface area contributed by atoms with Crippen LogP contribution in [0.5, 0.6) is 0 Å². The van der Waals surface area contributed by atoms with Crippen LogP contribution in [0, 0.1) is 24.6 Å². The van der Waals surface area contributed by atoms with E-state index in [0.717, 1.165) is 6.42 Å². The zero-order valence-electron chi connectivity index (χ0n) is 13.1. The minimum absolute atomic E-state index is 0.220. The molecule has 1 aromatic carbocycles. The molecule has 2 atom stereocenters. The highest BCUT2D eigenvalue weighted by Gasteiger charge is 2.28. The molecule has 0 radical (unpaired) electrons. The predicted octanol–water partition coefficient (Wildman–Crippen LogP) is 3.86. The van der Waals surface area contributed by atoms with Gasteiger partial charge in [0.1, 0.15) is 5.82 Å². The molecule has 0 spiro atoms. The highest BCUT2D eigenvalue weighted by atomic mass is 19.1. The molecule has 21 heavy (non-hydrogen) atoms. The minimum atomic E-state index is -0.596. The Morgan fingerprint density at radius 1 is 1.33 bits per heavy atom. The number of anilines is 1. The summed E-state index contributed by atoms with van der Waals surface area (Å²) in [5.41, 5.74) is 6.74. The lowest BCUT2D eigenvalue weighted by molar-refractivity contribution is 0.1000. The summed E-state index contributed by atoms with van der Waals surface area (Å²) in [5, 5.41) is 3.47. The van der Waals surface area contributed by atoms with Gasteiger partial charge < -0.3 is 11.1 Å². The standard InChI is InChI=1S/C17H25FN2O/c1-10(2)13-6-4-5-7-15(13)20-16-9-12(17(19)21)8-14(18)11(16)3/h8-10,13,15,20H,4-7H2,1-3H3,(H2,19,21). The summed E-state index contributed by atoms with van der Waals surface area (Å²) in [4.78, 5) is 11.3. The molecule has 1 aliphatic carbocycles. The molecule has 0 aromatic heterocycles. The van der Waals surface area contributed by atoms with Gasteiger partial charge in [-0.05, 0) is 43.7 Å². The van der Waals surface area contributed by atoms with Crippen LogP contribution in [0.2, 0.25) is 0 Å². The number of carbonyl (C=O) groups is 1. The number of hydrogen-bond donors (Lipinski definition) is 2. The van der Waals surface area contributed by atoms with Crippen LogP contribution in [0.25, 0.3) is 0 Å². The van der Waals surface area contributed by atoms with Gasteiger partial charge in [-0.2, -0.15) is 0 Å². The molecule has 2 unspecified atom stereocenters. The number of nitrogens with two attached hydrogens (primary N) is 1. The molecule has 2 rings (SSSR count). The van der Waals surface area contributed by atoms with Gasteiger partial charge in [-0.15, -0.1) is 0 Å². The Balaban J connectivity index is 2.27. The maximum atomic E-state index is 14.0. The van der Waals surface area contributed by atoms with E-state index in [1.165, 1.54) is 25.3 Å². The summed E-state index contributed by atoms with van der Waals surface area (Å²) in [6, 6.07) is 3.22. The van der Waals surface area contributed by atoms with Crippen molar-refractivity contribution in [2.75, 3.05) is 5.32 Å². The van der Waals surface area contributed by atoms with E-state index in [0.29, 0.717) is 29.1 Å². The highest BCUT2D eigenvalue weighted by Crippen LogP contribution is 2.33. The van der Waals surface area contributed by atoms with Crippen LogP contribution >= 0.6 is 0 Å². The maximum absolute atomic E-state index is 14.0. The fourth-order valence-corrected chi connectivity index (χ4v) is 3.31. The summed E-state index contributed by atoms with van der Waals surface area (Å²) >= 11 is 0. The quantitative estimate of drug-likeness (QED) is 0.885. The average Bonchev–Trinajstić information content (AvgIpc) is 2.43. The van der Waals surface area contributed by atoms with Crippen LogP contribution in [-0.2, 0) is 0 Å². The molecule has 1 saturated carbocycles. The Morgan fingerprint density at radius 3 is 2.62 bits per heavy atom. The first-order valence-corrected chi connectivity index (χ1v) is 7.76. The highest BCUT2D eigenvalue weighted by molar-refractivity contribution is 5.94. The molecule has 4 heteroatoms. The summed E-state index contributed by atoms with van der Waals surface area (Å²) < 4.78 is 14.0. The van der Waals surface area contributed by atoms with E-state index in [9.17, 15) is 9.18 Å². The monoisotopic (exact) mass is 292 g/mol. The van der Waals surface area contributed by atoms with E-state index in [1.54, 1.807) is 13.0 Å². The fraction of sp³-hybridized carbons (Fsp3) is 0.588. The largest absolute Gasteiger partial charge is 0.382 e. The van der Waals surface area contributed by atoms with Gasteiger partial charge in [0.25, 0.3) is 0 Å². The first-order chi connectivity index (χ1) is 9.90. The molecule has 1 fully saturated rings. The van der Waals surface area contributed by atoms with Crippen LogP contribution in [-0.4, -0.2) is 11.9 Å². The molecular weight excluding hydrogens is 267 g/mol. The van der Waals surface area contributed by atoms with Gasteiger partial charge in [0.2, 0.25) is 5.91 Å². The zero-order chi connectivity index (χ0) is 15.6. The van der Waals surface area contributed by atoms with E-state index in [4.69, 9.17) is 5.73 Å². The molecule has 0 aliphatic heterocycles. The number of primary amides is 1. The number of halogens is 1. The summed E-state index contributed by atoms with van der Waals surface area (Å²) in [5.74, 6) is 0.192. The summed E-state index contributed by atoms with van der Waals surface area (Å²) in [6.07, 6.45) is 4.74. The Morgan fingerprint density at radius 2 is 2.00 bits per heavy atom. The van der Waals surface area contributed by atoms with Crippen molar-refractivity contribution in [3.05, 3.63) is 29.1 Å². The van der Waals surface area contributed by atoms with Crippen molar-refractivity contribution in [2.45, 2.75) is 52.5 Å². The van der Waals surface area contributed by atoms with Crippen LogP contribution < -0.4 is 11.1 Å². The third kappa shape index (κ3) is 3.55. The fourth-order valence-electron chi connectivity index (χ4n) is 3.31. The molecule has 1 amide bonds. The number of amides is 1. The Bertz CT molecular complexity index is 528. The molecule has 1 aliphatic rings. The Hall–Kier alpha value is -1.58. The van der Waals surface area contributed by atoms with Crippen molar-refractivity contribution < 1.29 is 9.18 Å². The van der Waals surface area contributed by atoms with Crippen LogP contribution in [0.15, 0.2) is 12.1 Å². The lowest BCUT2D eigenvalue weighted by atomic mass is 9.77. The average molecular weight is 292 g/mol. The second-order valence-electron chi connectivity index (χ2n) is 6.44. The van der Waals surface area contributed by atoms with Crippen molar-refractivity contribution in [1.82, 2.24) is 0 Å². The number of rotatable bonds is 4. The van der Waals surface area contributed by atoms with Crippen molar-refractivity contribution >= 4 is 11.6 Å². The second-order valence-corrected chi connectivity index (χ2v) is 6.44. The van der Waals surface area contributed by atoms with Gasteiger partial charge in [-0.3, -0.25) is 4.79 Å². The molecular formula is C17H25FN2O. The topological polar surface area (TPSA) is 55.1 Å². The molecule has 0 heterocycles. The van der Waals surface area contributed by atoms with Crippen molar-refractivity contribution in [1.29, 1.82) is 0 Å². The van der Waals surface area contributed by atoms with E-state index in [1.807, 2.05) is 0 Å². The molecule has 0 bridgehead atoms. The Labute approximate surface area is 126 Å². The van der Waals surface area contributed by atoms with Crippen molar-refractivity contribution in [3.8, 4) is 0 Å². The lowest BCUT2D eigenvalue weighted by Crippen LogP contribution is -2.35. The third-order valence-corrected chi connectivity index (χ3v) is 4.65. The van der Waals surface area contributed by atoms with Gasteiger partial charge >= 0.3 is 0 Å². The molecule has 116 valence electrons. The van der Waals surface area contributed by atoms with E-state index in [-0.39, 0.29) is 11.4 Å². The zero-order valence-corrected chi connectivity index (χ0v) is 13.1. The summed E-state index contributed by atoms with van der Waals surface area (Å²) in [7, 11) is 0. The molecule has 1 aromatic rings. The number of benzene rings is 1. The van der Waals surface area contributed by atoms with Crippen molar-refractivity contribution in [3.63, 3.8) is 0 Å². The second kappa shape index (κ2) is 6.46. The third-order valence-electron chi connectivity index (χ3n) is 4.65.